The van der Waals surface area contributed by atoms with Crippen molar-refractivity contribution in [1.82, 2.24) is 10.4 Å². The molecule has 7 nitrogen and oxygen atoms in total. The number of aromatic nitrogens is 1. The summed E-state index contributed by atoms with van der Waals surface area (Å²) in [5.74, 6) is -1.43. The Morgan fingerprint density at radius 1 is 1.40 bits per heavy atom. The van der Waals surface area contributed by atoms with Crippen LogP contribution in [0.1, 0.15) is 15.9 Å². The average molecular weight is 447 g/mol. The minimum atomic E-state index is -1.12. The van der Waals surface area contributed by atoms with Crippen LogP contribution >= 0.6 is 39.1 Å². The minimum Gasteiger partial charge on any atom is -0.479 e. The summed E-state index contributed by atoms with van der Waals surface area (Å²) in [6.07, 6.45) is 2.83. The zero-order valence-corrected chi connectivity index (χ0v) is 15.5. The second-order valence-corrected chi connectivity index (χ2v) is 6.16. The van der Waals surface area contributed by atoms with E-state index in [1.807, 2.05) is 0 Å². The van der Waals surface area contributed by atoms with Gasteiger partial charge in [0.1, 0.15) is 5.15 Å². The number of carboxylic acid groups (broad SMARTS) is 1. The molecule has 1 aromatic heterocycles. The fourth-order valence-corrected chi connectivity index (χ4v) is 2.90. The molecule has 0 unspecified atom stereocenters. The Morgan fingerprint density at radius 2 is 2.16 bits per heavy atom. The standard InChI is InChI=1S/C15H10BrCl2N3O4/c16-10-4-8(5-11(17)13(10)25-7-12(22)23)6-20-21-15(24)9-2-1-3-19-14(9)18/h1-6H,7H2,(H,21,24)(H,22,23). The number of hydrazone groups is 1. The number of amides is 1. The molecular formula is C15H10BrCl2N3O4. The van der Waals surface area contributed by atoms with Gasteiger partial charge < -0.3 is 9.84 Å². The van der Waals surface area contributed by atoms with Crippen LogP contribution < -0.4 is 10.2 Å². The van der Waals surface area contributed by atoms with Crippen LogP contribution in [0.4, 0.5) is 0 Å². The van der Waals surface area contributed by atoms with Crippen LogP contribution in [0.15, 0.2) is 40.0 Å². The summed E-state index contributed by atoms with van der Waals surface area (Å²) in [5, 5.41) is 12.7. The molecule has 10 heteroatoms. The molecular weight excluding hydrogens is 437 g/mol. The molecule has 1 heterocycles. The third-order valence-corrected chi connectivity index (χ3v) is 3.92. The third-order valence-electron chi connectivity index (χ3n) is 2.74. The first kappa shape index (κ1) is 19.2. The van der Waals surface area contributed by atoms with Gasteiger partial charge >= 0.3 is 5.97 Å². The second kappa shape index (κ2) is 8.80. The molecule has 130 valence electrons. The van der Waals surface area contributed by atoms with Gasteiger partial charge in [-0.3, -0.25) is 4.79 Å². The fourth-order valence-electron chi connectivity index (χ4n) is 1.71. The first-order chi connectivity index (χ1) is 11.9. The lowest BCUT2D eigenvalue weighted by Crippen LogP contribution is -2.18. The molecule has 0 atom stereocenters. The second-order valence-electron chi connectivity index (χ2n) is 4.54. The van der Waals surface area contributed by atoms with Crippen LogP contribution in [-0.4, -0.2) is 34.8 Å². The van der Waals surface area contributed by atoms with E-state index in [1.165, 1.54) is 24.5 Å². The van der Waals surface area contributed by atoms with Gasteiger partial charge in [0.2, 0.25) is 0 Å². The van der Waals surface area contributed by atoms with Crippen molar-refractivity contribution in [2.75, 3.05) is 6.61 Å². The van der Waals surface area contributed by atoms with Crippen molar-refractivity contribution in [3.05, 3.63) is 56.2 Å². The van der Waals surface area contributed by atoms with E-state index in [-0.39, 0.29) is 21.5 Å². The van der Waals surface area contributed by atoms with Gasteiger partial charge in [-0.2, -0.15) is 5.10 Å². The van der Waals surface area contributed by atoms with Crippen molar-refractivity contribution >= 4 is 57.2 Å². The molecule has 0 saturated heterocycles. The Hall–Kier alpha value is -2.16. The molecule has 0 aliphatic rings. The summed E-state index contributed by atoms with van der Waals surface area (Å²) in [6.45, 7) is -0.520. The van der Waals surface area contributed by atoms with Gasteiger partial charge in [-0.1, -0.05) is 23.2 Å². The number of carboxylic acids is 1. The van der Waals surface area contributed by atoms with Crippen molar-refractivity contribution in [3.8, 4) is 5.75 Å². The summed E-state index contributed by atoms with van der Waals surface area (Å²) in [4.78, 5) is 26.3. The largest absolute Gasteiger partial charge is 0.479 e. The number of nitrogens with zero attached hydrogens (tertiary/aromatic N) is 2. The highest BCUT2D eigenvalue weighted by Gasteiger charge is 2.11. The molecule has 0 saturated carbocycles. The molecule has 2 rings (SSSR count). The van der Waals surface area contributed by atoms with Crippen LogP contribution in [0.2, 0.25) is 10.2 Å². The van der Waals surface area contributed by atoms with E-state index in [2.05, 4.69) is 31.4 Å². The summed E-state index contributed by atoms with van der Waals surface area (Å²) >= 11 is 15.1. The van der Waals surface area contributed by atoms with Gasteiger partial charge in [0.05, 0.1) is 21.3 Å². The monoisotopic (exact) mass is 445 g/mol. The Morgan fingerprint density at radius 3 is 2.80 bits per heavy atom. The maximum atomic E-state index is 11.9. The molecule has 1 aromatic carbocycles. The van der Waals surface area contributed by atoms with E-state index < -0.39 is 18.5 Å². The van der Waals surface area contributed by atoms with Crippen LogP contribution in [0.5, 0.6) is 5.75 Å². The SMILES string of the molecule is O=C(O)COc1c(Cl)cc(C=NNC(=O)c2cccnc2Cl)cc1Br. The van der Waals surface area contributed by atoms with Crippen molar-refractivity contribution in [2.24, 2.45) is 5.10 Å². The molecule has 0 aliphatic carbocycles. The average Bonchev–Trinajstić information content (AvgIpc) is 2.54. The van der Waals surface area contributed by atoms with Crippen LogP contribution in [0, 0.1) is 0 Å². The molecule has 1 amide bonds. The molecule has 0 bridgehead atoms. The fraction of sp³-hybridized carbons (Fsp3) is 0.0667. The highest BCUT2D eigenvalue weighted by Crippen LogP contribution is 2.34. The summed E-state index contributed by atoms with van der Waals surface area (Å²) in [5.41, 5.74) is 3.07. The van der Waals surface area contributed by atoms with Crippen molar-refractivity contribution in [3.63, 3.8) is 0 Å². The van der Waals surface area contributed by atoms with Gasteiger partial charge in [-0.25, -0.2) is 15.2 Å². The number of ether oxygens (including phenoxy) is 1. The highest BCUT2D eigenvalue weighted by molar-refractivity contribution is 9.10. The van der Waals surface area contributed by atoms with E-state index in [9.17, 15) is 9.59 Å². The van der Waals surface area contributed by atoms with Crippen LogP contribution in [-0.2, 0) is 4.79 Å². The van der Waals surface area contributed by atoms with Gasteiger partial charge in [0, 0.05) is 6.20 Å². The zero-order valence-electron chi connectivity index (χ0n) is 12.4. The summed E-state index contributed by atoms with van der Waals surface area (Å²) in [7, 11) is 0. The van der Waals surface area contributed by atoms with E-state index in [1.54, 1.807) is 12.1 Å². The first-order valence-electron chi connectivity index (χ1n) is 6.66. The molecule has 25 heavy (non-hydrogen) atoms. The summed E-state index contributed by atoms with van der Waals surface area (Å²) in [6, 6.07) is 6.21. The van der Waals surface area contributed by atoms with Gasteiger partial charge in [0.15, 0.2) is 12.4 Å². The third kappa shape index (κ3) is 5.42. The Labute approximate surface area is 160 Å². The number of carbonyl (C=O) groups is 2. The maximum Gasteiger partial charge on any atom is 0.341 e. The number of nitrogens with one attached hydrogen (secondary N) is 1. The predicted molar refractivity (Wildman–Crippen MR) is 96.6 cm³/mol. The number of pyridine rings is 1. The Balaban J connectivity index is 2.07. The molecule has 2 N–H and O–H groups in total. The van der Waals surface area contributed by atoms with E-state index >= 15 is 0 Å². The van der Waals surface area contributed by atoms with Crippen molar-refractivity contribution in [1.29, 1.82) is 0 Å². The molecule has 0 fully saturated rings. The van der Waals surface area contributed by atoms with Gasteiger partial charge in [-0.05, 0) is 45.8 Å². The number of rotatable bonds is 6. The Kier molecular flexibility index (Phi) is 6.74. The highest BCUT2D eigenvalue weighted by atomic mass is 79.9. The number of hydrogen-bond acceptors (Lipinski definition) is 5. The number of hydrogen-bond donors (Lipinski definition) is 2. The number of halogens is 3. The topological polar surface area (TPSA) is 101 Å². The zero-order chi connectivity index (χ0) is 18.4. The van der Waals surface area contributed by atoms with Crippen LogP contribution in [0.25, 0.3) is 0 Å². The maximum absolute atomic E-state index is 11.9. The van der Waals surface area contributed by atoms with Gasteiger partial charge in [0.25, 0.3) is 5.91 Å². The van der Waals surface area contributed by atoms with E-state index in [0.717, 1.165) is 0 Å². The number of aliphatic carboxylic acids is 1. The van der Waals surface area contributed by atoms with Gasteiger partial charge in [-0.15, -0.1) is 0 Å². The van der Waals surface area contributed by atoms with Crippen LogP contribution in [0.3, 0.4) is 0 Å². The molecule has 0 radical (unpaired) electrons. The van der Waals surface area contributed by atoms with E-state index in [4.69, 9.17) is 33.0 Å². The molecule has 0 spiro atoms. The van der Waals surface area contributed by atoms with Crippen molar-refractivity contribution < 1.29 is 19.4 Å². The van der Waals surface area contributed by atoms with Crippen molar-refractivity contribution in [2.45, 2.75) is 0 Å². The smallest absolute Gasteiger partial charge is 0.341 e. The minimum absolute atomic E-state index is 0.0703. The normalized spacial score (nSPS) is 10.7. The summed E-state index contributed by atoms with van der Waals surface area (Å²) < 4.78 is 5.53. The lowest BCUT2D eigenvalue weighted by molar-refractivity contribution is -0.139. The quantitative estimate of drug-likeness (QED) is 0.402. The molecule has 0 aliphatic heterocycles. The number of carbonyl (C=O) groups excluding carboxylic acids is 1. The molecule has 2 aromatic rings. The number of benzene rings is 1. The Bertz CT molecular complexity index is 822. The first-order valence-corrected chi connectivity index (χ1v) is 8.21. The predicted octanol–water partition coefficient (Wildman–Crippen LogP) is 3.38. The van der Waals surface area contributed by atoms with E-state index in [0.29, 0.717) is 10.0 Å². The lowest BCUT2D eigenvalue weighted by Gasteiger charge is -2.09. The lowest BCUT2D eigenvalue weighted by atomic mass is 10.2.